The first-order valence-electron chi connectivity index (χ1n) is 9.50. The number of ether oxygens (including phenoxy) is 2. The van der Waals surface area contributed by atoms with E-state index in [9.17, 15) is 18.0 Å². The lowest BCUT2D eigenvalue weighted by Gasteiger charge is -2.21. The molecule has 0 saturated heterocycles. The zero-order valence-corrected chi connectivity index (χ0v) is 16.9. The van der Waals surface area contributed by atoms with E-state index in [-0.39, 0.29) is 0 Å². The van der Waals surface area contributed by atoms with Gasteiger partial charge in [0.2, 0.25) is 0 Å². The zero-order chi connectivity index (χ0) is 22.6. The van der Waals surface area contributed by atoms with E-state index in [1.165, 1.54) is 12.1 Å². The summed E-state index contributed by atoms with van der Waals surface area (Å²) in [7, 11) is 0. The minimum Gasteiger partial charge on any atom is -0.482 e. The molecule has 0 aliphatic carbocycles. The predicted molar refractivity (Wildman–Crippen MR) is 106 cm³/mol. The van der Waals surface area contributed by atoms with Gasteiger partial charge in [-0.1, -0.05) is 19.1 Å². The van der Waals surface area contributed by atoms with Gasteiger partial charge in [-0.3, -0.25) is 5.10 Å². The van der Waals surface area contributed by atoms with Crippen molar-refractivity contribution in [3.05, 3.63) is 76.6 Å². The van der Waals surface area contributed by atoms with E-state index in [2.05, 4.69) is 10.2 Å². The Kier molecular flexibility index (Phi) is 6.53. The summed E-state index contributed by atoms with van der Waals surface area (Å²) in [5.41, 5.74) is 1.94. The maximum absolute atomic E-state index is 12.9. The molecule has 0 spiro atoms. The summed E-state index contributed by atoms with van der Waals surface area (Å²) in [5.74, 6) is -0.187. The van der Waals surface area contributed by atoms with Crippen LogP contribution in [0.4, 0.5) is 13.2 Å². The van der Waals surface area contributed by atoms with Crippen LogP contribution in [0.3, 0.4) is 0 Å². The monoisotopic (exact) mass is 434 g/mol. The van der Waals surface area contributed by atoms with Gasteiger partial charge in [-0.15, -0.1) is 0 Å². The number of carbonyl (C=O) groups is 1. The van der Waals surface area contributed by atoms with Crippen molar-refractivity contribution in [1.82, 2.24) is 10.2 Å². The first-order valence-corrected chi connectivity index (χ1v) is 9.50. The van der Waals surface area contributed by atoms with Crippen LogP contribution in [-0.2, 0) is 17.4 Å². The fourth-order valence-electron chi connectivity index (χ4n) is 3.10. The van der Waals surface area contributed by atoms with Gasteiger partial charge >= 0.3 is 12.1 Å². The van der Waals surface area contributed by atoms with E-state index in [4.69, 9.17) is 14.6 Å². The lowest BCUT2D eigenvalue weighted by molar-refractivity contribution is -0.139. The van der Waals surface area contributed by atoms with Crippen LogP contribution in [-0.4, -0.2) is 27.9 Å². The van der Waals surface area contributed by atoms with Crippen molar-refractivity contribution >= 4 is 5.97 Å². The second-order valence-corrected chi connectivity index (χ2v) is 6.87. The van der Waals surface area contributed by atoms with E-state index in [1.54, 1.807) is 31.3 Å². The average Bonchev–Trinajstić information content (AvgIpc) is 3.15. The number of aromatic nitrogens is 2. The normalized spacial score (nSPS) is 12.4. The fourth-order valence-corrected chi connectivity index (χ4v) is 3.10. The quantitative estimate of drug-likeness (QED) is 0.525. The van der Waals surface area contributed by atoms with Gasteiger partial charge in [0.05, 0.1) is 11.8 Å². The molecule has 0 fully saturated rings. The molecule has 9 heteroatoms. The van der Waals surface area contributed by atoms with Crippen LogP contribution >= 0.6 is 0 Å². The second kappa shape index (κ2) is 9.11. The maximum atomic E-state index is 12.9. The maximum Gasteiger partial charge on any atom is 0.416 e. The number of benzene rings is 2. The second-order valence-electron chi connectivity index (χ2n) is 6.87. The largest absolute Gasteiger partial charge is 0.482 e. The Balaban J connectivity index is 1.93. The highest BCUT2D eigenvalue weighted by Crippen LogP contribution is 2.35. The van der Waals surface area contributed by atoms with Crippen molar-refractivity contribution in [2.24, 2.45) is 0 Å². The molecule has 164 valence electrons. The Morgan fingerprint density at radius 1 is 1.19 bits per heavy atom. The van der Waals surface area contributed by atoms with E-state index in [1.807, 2.05) is 6.92 Å². The molecule has 1 atom stereocenters. The van der Waals surface area contributed by atoms with Gasteiger partial charge < -0.3 is 14.6 Å². The van der Waals surface area contributed by atoms with Crippen LogP contribution in [0.1, 0.15) is 41.0 Å². The fraction of sp³-hybridized carbons (Fsp3) is 0.273. The highest BCUT2D eigenvalue weighted by Gasteiger charge is 2.31. The standard InChI is InChI=1S/C22H21F3N2O4/c1-3-14-10-17(8-9-19(14)30-12-20(28)29)31-21(18-11-26-27-13(18)2)15-4-6-16(7-5-15)22(23,24)25/h4-11,21H,3,12H2,1-2H3,(H,26,27)(H,28,29). The number of carboxylic acids is 1. The number of nitrogens with zero attached hydrogens (tertiary/aromatic N) is 1. The molecule has 0 aliphatic rings. The van der Waals surface area contributed by atoms with Gasteiger partial charge in [-0.2, -0.15) is 18.3 Å². The van der Waals surface area contributed by atoms with Gasteiger partial charge in [-0.25, -0.2) is 4.79 Å². The number of aryl methyl sites for hydroxylation is 2. The van der Waals surface area contributed by atoms with E-state index in [0.29, 0.717) is 29.0 Å². The molecule has 2 aromatic carbocycles. The number of hydrogen-bond donors (Lipinski definition) is 2. The summed E-state index contributed by atoms with van der Waals surface area (Å²) in [6.45, 7) is 3.22. The summed E-state index contributed by atoms with van der Waals surface area (Å²) in [6, 6.07) is 9.76. The highest BCUT2D eigenvalue weighted by molar-refractivity contribution is 5.68. The van der Waals surface area contributed by atoms with E-state index < -0.39 is 30.4 Å². The van der Waals surface area contributed by atoms with E-state index >= 15 is 0 Å². The van der Waals surface area contributed by atoms with Crippen LogP contribution < -0.4 is 9.47 Å². The number of aliphatic carboxylic acids is 1. The smallest absolute Gasteiger partial charge is 0.416 e. The van der Waals surface area contributed by atoms with Crippen LogP contribution in [0, 0.1) is 6.92 Å². The van der Waals surface area contributed by atoms with Crippen molar-refractivity contribution in [2.75, 3.05) is 6.61 Å². The molecular formula is C22H21F3N2O4. The molecule has 0 saturated carbocycles. The van der Waals surface area contributed by atoms with Gasteiger partial charge in [0.15, 0.2) is 12.7 Å². The molecule has 0 aliphatic heterocycles. The molecule has 3 aromatic rings. The number of hydrogen-bond acceptors (Lipinski definition) is 4. The van der Waals surface area contributed by atoms with Crippen LogP contribution in [0.2, 0.25) is 0 Å². The van der Waals surface area contributed by atoms with Crippen molar-refractivity contribution in [1.29, 1.82) is 0 Å². The van der Waals surface area contributed by atoms with Crippen LogP contribution in [0.5, 0.6) is 11.5 Å². The Bertz CT molecular complexity index is 1050. The van der Waals surface area contributed by atoms with Crippen molar-refractivity contribution in [2.45, 2.75) is 32.5 Å². The summed E-state index contributed by atoms with van der Waals surface area (Å²) >= 11 is 0. The lowest BCUT2D eigenvalue weighted by atomic mass is 10.0. The Labute approximate surface area is 176 Å². The van der Waals surface area contributed by atoms with Gasteiger partial charge in [0.1, 0.15) is 11.5 Å². The minimum atomic E-state index is -4.43. The Morgan fingerprint density at radius 3 is 2.45 bits per heavy atom. The summed E-state index contributed by atoms with van der Waals surface area (Å²) in [6.07, 6.45) is -2.98. The molecule has 0 radical (unpaired) electrons. The number of nitrogens with one attached hydrogen (secondary N) is 1. The molecule has 0 amide bonds. The van der Waals surface area contributed by atoms with E-state index in [0.717, 1.165) is 23.4 Å². The molecule has 31 heavy (non-hydrogen) atoms. The Hall–Kier alpha value is -3.49. The van der Waals surface area contributed by atoms with Crippen LogP contribution in [0.25, 0.3) is 0 Å². The first kappa shape index (κ1) is 22.2. The molecule has 1 heterocycles. The number of rotatable bonds is 8. The number of alkyl halides is 3. The van der Waals surface area contributed by atoms with Crippen molar-refractivity contribution in [3.63, 3.8) is 0 Å². The molecule has 2 N–H and O–H groups in total. The number of halogens is 3. The topological polar surface area (TPSA) is 84.4 Å². The average molecular weight is 434 g/mol. The number of carboxylic acid groups (broad SMARTS) is 1. The molecule has 1 unspecified atom stereocenters. The van der Waals surface area contributed by atoms with Gasteiger partial charge in [0.25, 0.3) is 0 Å². The predicted octanol–water partition coefficient (Wildman–Crippen LogP) is 4.93. The molecule has 6 nitrogen and oxygen atoms in total. The molecule has 0 bridgehead atoms. The third-order valence-electron chi connectivity index (χ3n) is 4.71. The Morgan fingerprint density at radius 2 is 1.90 bits per heavy atom. The minimum absolute atomic E-state index is 0.433. The summed E-state index contributed by atoms with van der Waals surface area (Å²) in [5, 5.41) is 15.6. The van der Waals surface area contributed by atoms with Crippen molar-refractivity contribution in [3.8, 4) is 11.5 Å². The van der Waals surface area contributed by atoms with Gasteiger partial charge in [0, 0.05) is 11.3 Å². The molecule has 1 aromatic heterocycles. The SMILES string of the molecule is CCc1cc(OC(c2ccc(C(F)(F)F)cc2)c2cn[nH]c2C)ccc1OCC(=O)O. The van der Waals surface area contributed by atoms with Gasteiger partial charge in [-0.05, 0) is 54.8 Å². The molecule has 3 rings (SSSR count). The summed E-state index contributed by atoms with van der Waals surface area (Å²) in [4.78, 5) is 10.8. The molecular weight excluding hydrogens is 413 g/mol. The first-order chi connectivity index (χ1) is 14.7. The zero-order valence-electron chi connectivity index (χ0n) is 16.9. The van der Waals surface area contributed by atoms with Crippen LogP contribution in [0.15, 0.2) is 48.7 Å². The third-order valence-corrected chi connectivity index (χ3v) is 4.71. The summed E-state index contributed by atoms with van der Waals surface area (Å²) < 4.78 is 50.3. The number of aromatic amines is 1. The number of H-pyrrole nitrogens is 1. The third kappa shape index (κ3) is 5.36. The highest BCUT2D eigenvalue weighted by atomic mass is 19.4. The van der Waals surface area contributed by atoms with Crippen molar-refractivity contribution < 1.29 is 32.5 Å². The lowest BCUT2D eigenvalue weighted by Crippen LogP contribution is -2.12.